The topological polar surface area (TPSA) is 76.8 Å². The van der Waals surface area contributed by atoms with Gasteiger partial charge in [0.1, 0.15) is 18.1 Å². The second-order valence-electron chi connectivity index (χ2n) is 7.98. The van der Waals surface area contributed by atoms with E-state index >= 15 is 0 Å². The smallest absolute Gasteiger partial charge is 0.263 e. The quantitative estimate of drug-likeness (QED) is 0.456. The van der Waals surface area contributed by atoms with Gasteiger partial charge in [0.2, 0.25) is 0 Å². The first-order chi connectivity index (χ1) is 16.5. The van der Waals surface area contributed by atoms with E-state index in [2.05, 4.69) is 10.1 Å². The zero-order chi connectivity index (χ0) is 23.7. The first kappa shape index (κ1) is 21.5. The third-order valence-corrected chi connectivity index (χ3v) is 5.87. The van der Waals surface area contributed by atoms with Crippen LogP contribution in [-0.2, 0) is 11.3 Å². The zero-order valence-electron chi connectivity index (χ0n) is 18.4. The van der Waals surface area contributed by atoms with Gasteiger partial charge in [-0.25, -0.2) is 14.4 Å². The summed E-state index contributed by atoms with van der Waals surface area (Å²) >= 11 is 0. The van der Waals surface area contributed by atoms with Crippen molar-refractivity contribution >= 4 is 22.5 Å². The van der Waals surface area contributed by atoms with Crippen LogP contribution in [0.3, 0.4) is 0 Å². The van der Waals surface area contributed by atoms with E-state index in [9.17, 15) is 14.0 Å². The van der Waals surface area contributed by atoms with E-state index in [1.165, 1.54) is 34.1 Å². The number of nitrogens with zero attached hydrogens (tertiary/aromatic N) is 4. The minimum Gasteiger partial charge on any atom is -0.497 e. The van der Waals surface area contributed by atoms with Crippen molar-refractivity contribution < 1.29 is 13.9 Å². The molecule has 1 amide bonds. The largest absolute Gasteiger partial charge is 0.497 e. The lowest BCUT2D eigenvalue weighted by molar-refractivity contribution is -0.133. The monoisotopic (exact) mass is 456 g/mol. The summed E-state index contributed by atoms with van der Waals surface area (Å²) in [6.07, 6.45) is 1.80. The Morgan fingerprint density at radius 1 is 1.09 bits per heavy atom. The fourth-order valence-electron chi connectivity index (χ4n) is 4.09. The van der Waals surface area contributed by atoms with Gasteiger partial charge in [-0.3, -0.25) is 14.2 Å². The number of hydrogen-bond donors (Lipinski definition) is 0. The van der Waals surface area contributed by atoms with E-state index in [4.69, 9.17) is 4.74 Å². The molecule has 0 N–H and O–H groups in total. The van der Waals surface area contributed by atoms with E-state index in [1.807, 2.05) is 54.6 Å². The number of carbonyl (C=O) groups is 1. The van der Waals surface area contributed by atoms with Crippen LogP contribution in [0.5, 0.6) is 5.75 Å². The van der Waals surface area contributed by atoms with Crippen molar-refractivity contribution in [3.05, 3.63) is 106 Å². The van der Waals surface area contributed by atoms with Gasteiger partial charge in [-0.1, -0.05) is 42.5 Å². The number of rotatable bonds is 5. The summed E-state index contributed by atoms with van der Waals surface area (Å²) in [4.78, 5) is 30.4. The standard InChI is InChI=1S/C26H21FN4O3/c1-34-20-10-7-18(8-11-20)24-14-22(17-5-3-2-4-6-17)29-31(24)25(32)15-30-16-28-23-13-19(27)9-12-21(23)26(30)33/h2-13,16,24H,14-15H2,1H3/t24-/m1/s1. The minimum absolute atomic E-state index is 0.239. The van der Waals surface area contributed by atoms with Crippen molar-refractivity contribution in [2.75, 3.05) is 7.11 Å². The molecule has 4 aromatic rings. The fraction of sp³-hybridized carbons (Fsp3) is 0.154. The number of ether oxygens (including phenoxy) is 1. The lowest BCUT2D eigenvalue weighted by atomic mass is 9.98. The Morgan fingerprint density at radius 3 is 2.59 bits per heavy atom. The molecule has 0 saturated carbocycles. The highest BCUT2D eigenvalue weighted by atomic mass is 19.1. The highest BCUT2D eigenvalue weighted by molar-refractivity contribution is 6.03. The molecule has 34 heavy (non-hydrogen) atoms. The first-order valence-corrected chi connectivity index (χ1v) is 10.8. The molecule has 0 fully saturated rings. The number of carbonyl (C=O) groups excluding carboxylic acids is 1. The van der Waals surface area contributed by atoms with E-state index in [1.54, 1.807) is 7.11 Å². The highest BCUT2D eigenvalue weighted by Gasteiger charge is 2.33. The molecule has 1 aliphatic heterocycles. The van der Waals surface area contributed by atoms with Crippen LogP contribution >= 0.6 is 0 Å². The van der Waals surface area contributed by atoms with Crippen LogP contribution in [0, 0.1) is 5.82 Å². The SMILES string of the molecule is COc1ccc([C@H]2CC(c3ccccc3)=NN2C(=O)Cn2cnc3cc(F)ccc3c2=O)cc1. The molecule has 170 valence electrons. The number of hydrogen-bond acceptors (Lipinski definition) is 5. The summed E-state index contributed by atoms with van der Waals surface area (Å²) in [6, 6.07) is 20.6. The van der Waals surface area contributed by atoms with E-state index in [0.717, 1.165) is 16.8 Å². The zero-order valence-corrected chi connectivity index (χ0v) is 18.4. The normalized spacial score (nSPS) is 15.4. The van der Waals surface area contributed by atoms with Crippen LogP contribution in [-0.4, -0.2) is 33.3 Å². The Hall–Kier alpha value is -4.33. The first-order valence-electron chi connectivity index (χ1n) is 10.8. The van der Waals surface area contributed by atoms with Crippen LogP contribution < -0.4 is 10.3 Å². The predicted molar refractivity (Wildman–Crippen MR) is 126 cm³/mol. The summed E-state index contributed by atoms with van der Waals surface area (Å²) in [5, 5.41) is 6.33. The maximum Gasteiger partial charge on any atom is 0.263 e. The van der Waals surface area contributed by atoms with E-state index < -0.39 is 11.4 Å². The molecule has 1 aromatic heterocycles. The Bertz CT molecular complexity index is 1450. The molecule has 3 aromatic carbocycles. The van der Waals surface area contributed by atoms with Gasteiger partial charge >= 0.3 is 0 Å². The maximum atomic E-state index is 13.5. The number of amides is 1. The van der Waals surface area contributed by atoms with Crippen LogP contribution in [0.15, 0.2) is 89.0 Å². The van der Waals surface area contributed by atoms with Crippen molar-refractivity contribution in [2.45, 2.75) is 19.0 Å². The summed E-state index contributed by atoms with van der Waals surface area (Å²) in [5.74, 6) is -0.110. The molecule has 0 aliphatic carbocycles. The molecule has 7 nitrogen and oxygen atoms in total. The Kier molecular flexibility index (Phi) is 5.63. The molecule has 0 spiro atoms. The molecule has 2 heterocycles. The lowest BCUT2D eigenvalue weighted by Gasteiger charge is -2.22. The van der Waals surface area contributed by atoms with Gasteiger partial charge in [0.05, 0.1) is 36.1 Å². The van der Waals surface area contributed by atoms with Gasteiger partial charge in [-0.05, 0) is 35.4 Å². The Morgan fingerprint density at radius 2 is 1.85 bits per heavy atom. The summed E-state index contributed by atoms with van der Waals surface area (Å²) in [7, 11) is 1.60. The molecule has 1 aliphatic rings. The van der Waals surface area contributed by atoms with Crippen molar-refractivity contribution in [1.82, 2.24) is 14.6 Å². The molecule has 0 bridgehead atoms. The van der Waals surface area contributed by atoms with Gasteiger partial charge < -0.3 is 4.74 Å². The number of hydrazone groups is 1. The number of fused-ring (bicyclic) bond motifs is 1. The average Bonchev–Trinajstić information content (AvgIpc) is 3.32. The molecular weight excluding hydrogens is 435 g/mol. The molecule has 5 rings (SSSR count). The van der Waals surface area contributed by atoms with E-state index in [0.29, 0.717) is 12.2 Å². The van der Waals surface area contributed by atoms with Crippen molar-refractivity contribution in [1.29, 1.82) is 0 Å². The number of benzene rings is 3. The number of aromatic nitrogens is 2. The summed E-state index contributed by atoms with van der Waals surface area (Å²) in [6.45, 7) is -0.239. The second kappa shape index (κ2) is 8.90. The lowest BCUT2D eigenvalue weighted by Crippen LogP contribution is -2.34. The van der Waals surface area contributed by atoms with Gasteiger partial charge in [-0.2, -0.15) is 5.10 Å². The van der Waals surface area contributed by atoms with Crippen molar-refractivity contribution in [3.8, 4) is 5.75 Å². The van der Waals surface area contributed by atoms with Gasteiger partial charge in [0, 0.05) is 12.5 Å². The molecule has 0 unspecified atom stereocenters. The Balaban J connectivity index is 1.48. The van der Waals surface area contributed by atoms with Gasteiger partial charge in [-0.15, -0.1) is 0 Å². The van der Waals surface area contributed by atoms with Crippen LogP contribution in [0.25, 0.3) is 10.9 Å². The van der Waals surface area contributed by atoms with Crippen LogP contribution in [0.1, 0.15) is 23.6 Å². The highest BCUT2D eigenvalue weighted by Crippen LogP contribution is 2.33. The third-order valence-electron chi connectivity index (χ3n) is 5.87. The molecule has 0 radical (unpaired) electrons. The molecular formula is C26H21FN4O3. The Labute approximate surface area is 194 Å². The molecule has 8 heteroatoms. The predicted octanol–water partition coefficient (Wildman–Crippen LogP) is 3.92. The molecule has 1 atom stereocenters. The second-order valence-corrected chi connectivity index (χ2v) is 7.98. The number of halogens is 1. The van der Waals surface area contributed by atoms with E-state index in [-0.39, 0.29) is 29.4 Å². The average molecular weight is 456 g/mol. The third kappa shape index (κ3) is 4.05. The van der Waals surface area contributed by atoms with Gasteiger partial charge in [0.15, 0.2) is 0 Å². The maximum absolute atomic E-state index is 13.5. The van der Waals surface area contributed by atoms with Crippen LogP contribution in [0.2, 0.25) is 0 Å². The minimum atomic E-state index is -0.476. The van der Waals surface area contributed by atoms with Crippen molar-refractivity contribution in [3.63, 3.8) is 0 Å². The fourth-order valence-corrected chi connectivity index (χ4v) is 4.09. The summed E-state index contributed by atoms with van der Waals surface area (Å²) in [5.41, 5.74) is 2.46. The van der Waals surface area contributed by atoms with Gasteiger partial charge in [0.25, 0.3) is 11.5 Å². The van der Waals surface area contributed by atoms with Crippen LogP contribution in [0.4, 0.5) is 4.39 Å². The molecule has 0 saturated heterocycles. The van der Waals surface area contributed by atoms with Crippen molar-refractivity contribution in [2.24, 2.45) is 5.10 Å². The summed E-state index contributed by atoms with van der Waals surface area (Å²) < 4.78 is 20.0. The number of methoxy groups -OCH3 is 1.